The number of nitro benzene ring substituents is 1. The molecule has 0 bridgehead atoms. The summed E-state index contributed by atoms with van der Waals surface area (Å²) < 4.78 is 62.1. The summed E-state index contributed by atoms with van der Waals surface area (Å²) in [6, 6.07) is 2.04. The normalized spacial score (nSPS) is 12.3. The Morgan fingerprint density at radius 2 is 2.00 bits per heavy atom. The summed E-state index contributed by atoms with van der Waals surface area (Å²) in [7, 11) is -5.87. The van der Waals surface area contributed by atoms with Gasteiger partial charge in [0.05, 0.1) is 22.3 Å². The Bertz CT molecular complexity index is 1200. The SMILES string of the molecule is O=c1[nH]c2cc([N+](=O)[O-])c(-n3ccnc3)cc2nc1NS(=O)(=O)C(F)(F)F. The zero-order valence-corrected chi connectivity index (χ0v) is 13.6. The van der Waals surface area contributed by atoms with Gasteiger partial charge in [0.15, 0.2) is 0 Å². The van der Waals surface area contributed by atoms with E-state index in [1.54, 1.807) is 0 Å². The number of nitro groups is 1. The quantitative estimate of drug-likeness (QED) is 0.490. The second-order valence-corrected chi connectivity index (χ2v) is 6.72. The Morgan fingerprint density at radius 1 is 1.30 bits per heavy atom. The number of anilines is 1. The van der Waals surface area contributed by atoms with Crippen molar-refractivity contribution in [2.75, 3.05) is 4.72 Å². The minimum atomic E-state index is -5.87. The second kappa shape index (κ2) is 6.04. The molecule has 0 saturated heterocycles. The number of nitrogens with one attached hydrogen (secondary N) is 2. The zero-order chi connectivity index (χ0) is 20.0. The first kappa shape index (κ1) is 18.3. The van der Waals surface area contributed by atoms with Gasteiger partial charge in [-0.05, 0) is 6.07 Å². The number of hydrogen-bond donors (Lipinski definition) is 2. The number of H-pyrrole nitrogens is 1. The molecule has 0 amide bonds. The first-order valence-corrected chi connectivity index (χ1v) is 8.28. The van der Waals surface area contributed by atoms with E-state index >= 15 is 0 Å². The number of alkyl halides is 3. The molecule has 0 aliphatic carbocycles. The van der Waals surface area contributed by atoms with E-state index in [0.717, 1.165) is 16.9 Å². The largest absolute Gasteiger partial charge is 0.516 e. The third kappa shape index (κ3) is 3.31. The maximum absolute atomic E-state index is 12.5. The zero-order valence-electron chi connectivity index (χ0n) is 12.8. The number of hydrogen-bond acceptors (Lipinski definition) is 7. The lowest BCUT2D eigenvalue weighted by atomic mass is 10.2. The Hall–Kier alpha value is -3.49. The Kier molecular flexibility index (Phi) is 4.10. The van der Waals surface area contributed by atoms with Gasteiger partial charge in [-0.2, -0.15) is 21.6 Å². The van der Waals surface area contributed by atoms with E-state index in [4.69, 9.17) is 0 Å². The van der Waals surface area contributed by atoms with Crippen molar-refractivity contribution in [1.29, 1.82) is 0 Å². The third-order valence-corrected chi connectivity index (χ3v) is 4.37. The first-order chi connectivity index (χ1) is 12.5. The van der Waals surface area contributed by atoms with Crippen molar-refractivity contribution in [2.24, 2.45) is 0 Å². The fourth-order valence-corrected chi connectivity index (χ4v) is 2.63. The van der Waals surface area contributed by atoms with Crippen LogP contribution in [0.5, 0.6) is 0 Å². The Labute approximate surface area is 146 Å². The predicted molar refractivity (Wildman–Crippen MR) is 84.7 cm³/mol. The summed E-state index contributed by atoms with van der Waals surface area (Å²) in [5.74, 6) is -1.13. The van der Waals surface area contributed by atoms with Gasteiger partial charge in [0.2, 0.25) is 5.82 Å². The number of nitrogens with zero attached hydrogens (tertiary/aromatic N) is 4. The average Bonchev–Trinajstić information content (AvgIpc) is 3.07. The number of aromatic amines is 1. The molecule has 0 spiro atoms. The Balaban J connectivity index is 2.21. The van der Waals surface area contributed by atoms with Gasteiger partial charge in [0.25, 0.3) is 11.2 Å². The van der Waals surface area contributed by atoms with Crippen LogP contribution in [0.25, 0.3) is 16.7 Å². The number of benzene rings is 1. The minimum Gasteiger partial charge on any atom is -0.317 e. The lowest BCUT2D eigenvalue weighted by Gasteiger charge is -2.10. The summed E-state index contributed by atoms with van der Waals surface area (Å²) in [4.78, 5) is 31.7. The van der Waals surface area contributed by atoms with Crippen LogP contribution in [0, 0.1) is 10.1 Å². The fourth-order valence-electron chi connectivity index (χ4n) is 2.12. The number of rotatable bonds is 4. The molecule has 15 heteroatoms. The van der Waals surface area contributed by atoms with Gasteiger partial charge in [0, 0.05) is 18.5 Å². The number of sulfonamides is 1. The smallest absolute Gasteiger partial charge is 0.317 e. The van der Waals surface area contributed by atoms with Gasteiger partial charge in [-0.1, -0.05) is 0 Å². The van der Waals surface area contributed by atoms with Crippen LogP contribution in [0.15, 0.2) is 35.6 Å². The predicted octanol–water partition coefficient (Wildman–Crippen LogP) is 1.28. The standard InChI is InChI=1S/C12H7F3N6O5S/c13-12(14,15)27(25,26)19-10-11(22)18-7-4-9(21(23)24)8(3-6(7)17-10)20-2-1-16-5-20/h1-5H,(H,17,19)(H,18,22). The van der Waals surface area contributed by atoms with E-state index in [0.29, 0.717) is 0 Å². The monoisotopic (exact) mass is 404 g/mol. The maximum Gasteiger partial charge on any atom is 0.516 e. The van der Waals surface area contributed by atoms with E-state index in [9.17, 15) is 36.5 Å². The van der Waals surface area contributed by atoms with Crippen molar-refractivity contribution in [2.45, 2.75) is 5.51 Å². The van der Waals surface area contributed by atoms with E-state index < -0.39 is 37.5 Å². The lowest BCUT2D eigenvalue weighted by molar-refractivity contribution is -0.384. The topological polar surface area (TPSA) is 153 Å². The molecule has 0 radical (unpaired) electrons. The van der Waals surface area contributed by atoms with Gasteiger partial charge in [-0.15, -0.1) is 0 Å². The highest BCUT2D eigenvalue weighted by Crippen LogP contribution is 2.28. The van der Waals surface area contributed by atoms with E-state index in [1.807, 2.05) is 0 Å². The highest BCUT2D eigenvalue weighted by atomic mass is 32.2. The summed E-state index contributed by atoms with van der Waals surface area (Å²) in [6.45, 7) is 0. The van der Waals surface area contributed by atoms with Crippen LogP contribution < -0.4 is 10.3 Å². The van der Waals surface area contributed by atoms with Gasteiger partial charge >= 0.3 is 15.5 Å². The van der Waals surface area contributed by atoms with Gasteiger partial charge in [0.1, 0.15) is 5.69 Å². The van der Waals surface area contributed by atoms with Crippen molar-refractivity contribution in [3.8, 4) is 5.69 Å². The van der Waals surface area contributed by atoms with Crippen LogP contribution in [0.3, 0.4) is 0 Å². The highest BCUT2D eigenvalue weighted by molar-refractivity contribution is 7.93. The molecule has 2 N–H and O–H groups in total. The van der Waals surface area contributed by atoms with Crippen LogP contribution in [-0.4, -0.2) is 38.4 Å². The molecule has 2 aromatic heterocycles. The van der Waals surface area contributed by atoms with Crippen LogP contribution in [0.4, 0.5) is 24.7 Å². The molecule has 0 unspecified atom stereocenters. The highest BCUT2D eigenvalue weighted by Gasteiger charge is 2.46. The van der Waals surface area contributed by atoms with Crippen molar-refractivity contribution in [1.82, 2.24) is 19.5 Å². The number of halogens is 3. The lowest BCUT2D eigenvalue weighted by Crippen LogP contribution is -2.32. The van der Waals surface area contributed by atoms with Gasteiger partial charge < -0.3 is 9.55 Å². The third-order valence-electron chi connectivity index (χ3n) is 3.30. The molecule has 11 nitrogen and oxygen atoms in total. The van der Waals surface area contributed by atoms with Crippen molar-refractivity contribution in [3.63, 3.8) is 0 Å². The van der Waals surface area contributed by atoms with Crippen LogP contribution in [0.1, 0.15) is 0 Å². The first-order valence-electron chi connectivity index (χ1n) is 6.79. The average molecular weight is 404 g/mol. The molecule has 3 aromatic rings. The van der Waals surface area contributed by atoms with Gasteiger partial charge in [-0.25, -0.2) is 9.97 Å². The molecule has 0 atom stereocenters. The summed E-state index contributed by atoms with van der Waals surface area (Å²) in [6.07, 6.45) is 3.93. The minimum absolute atomic E-state index is 0.0471. The molecule has 3 rings (SSSR count). The molecule has 2 heterocycles. The molecule has 0 aliphatic rings. The molecule has 142 valence electrons. The second-order valence-electron chi connectivity index (χ2n) is 5.05. The number of aromatic nitrogens is 4. The van der Waals surface area contributed by atoms with Crippen molar-refractivity contribution >= 4 is 32.6 Å². The van der Waals surface area contributed by atoms with Crippen molar-refractivity contribution < 1.29 is 26.5 Å². The fraction of sp³-hybridized carbons (Fsp3) is 0.0833. The maximum atomic E-state index is 12.5. The van der Waals surface area contributed by atoms with Crippen LogP contribution in [0.2, 0.25) is 0 Å². The summed E-state index contributed by atoms with van der Waals surface area (Å²) >= 11 is 0. The Morgan fingerprint density at radius 3 is 2.56 bits per heavy atom. The molecule has 0 aliphatic heterocycles. The summed E-state index contributed by atoms with van der Waals surface area (Å²) in [5.41, 5.74) is -7.82. The molecular formula is C12H7F3N6O5S. The summed E-state index contributed by atoms with van der Waals surface area (Å²) in [5, 5.41) is 11.3. The molecular weight excluding hydrogens is 397 g/mol. The molecule has 1 aromatic carbocycles. The van der Waals surface area contributed by atoms with E-state index in [2.05, 4.69) is 15.0 Å². The van der Waals surface area contributed by atoms with E-state index in [1.165, 1.54) is 23.3 Å². The number of imidazole rings is 1. The molecule has 0 saturated carbocycles. The van der Waals surface area contributed by atoms with Gasteiger partial charge in [-0.3, -0.25) is 19.6 Å². The van der Waals surface area contributed by atoms with E-state index in [-0.39, 0.29) is 16.7 Å². The van der Waals surface area contributed by atoms with Crippen LogP contribution in [-0.2, 0) is 10.0 Å². The number of fused-ring (bicyclic) bond motifs is 1. The van der Waals surface area contributed by atoms with Crippen molar-refractivity contribution in [3.05, 3.63) is 51.3 Å². The molecule has 0 fully saturated rings. The molecule has 27 heavy (non-hydrogen) atoms. The van der Waals surface area contributed by atoms with Crippen LogP contribution >= 0.6 is 0 Å².